The van der Waals surface area contributed by atoms with Gasteiger partial charge in [0.1, 0.15) is 17.3 Å². The van der Waals surface area contributed by atoms with Crippen LogP contribution in [0.4, 0.5) is 4.39 Å². The molecular weight excluding hydrogens is 410 g/mol. The van der Waals surface area contributed by atoms with Gasteiger partial charge in [0.25, 0.3) is 0 Å². The Labute approximate surface area is 185 Å². The Morgan fingerprint density at radius 3 is 1.62 bits per heavy atom. The van der Waals surface area contributed by atoms with Crippen molar-refractivity contribution < 1.29 is 19.3 Å². The van der Waals surface area contributed by atoms with Crippen LogP contribution < -0.4 is 9.47 Å². The summed E-state index contributed by atoms with van der Waals surface area (Å²) in [7, 11) is 2.94. The molecule has 0 fully saturated rings. The van der Waals surface area contributed by atoms with Gasteiger partial charge >= 0.3 is 0 Å². The Bertz CT molecular complexity index is 1280. The summed E-state index contributed by atoms with van der Waals surface area (Å²) in [5, 5.41) is 0.564. The highest BCUT2D eigenvalue weighted by atomic mass is 35.5. The quantitative estimate of drug-likeness (QED) is 0.375. The van der Waals surface area contributed by atoms with Gasteiger partial charge in [-0.3, -0.25) is 0 Å². The van der Waals surface area contributed by atoms with Crippen LogP contribution in [0, 0.1) is 5.82 Å². The van der Waals surface area contributed by atoms with Crippen molar-refractivity contribution in [2.75, 3.05) is 14.2 Å². The molecule has 0 N–H and O–H groups in total. The van der Waals surface area contributed by atoms with Crippen molar-refractivity contribution in [1.82, 2.24) is 0 Å². The molecule has 3 rings (SSSR count). The monoisotopic (exact) mass is 432 g/mol. The molecule has 0 atom stereocenters. The molecule has 0 aliphatic heterocycles. The summed E-state index contributed by atoms with van der Waals surface area (Å²) in [6.45, 7) is 0. The third kappa shape index (κ3) is 5.41. The van der Waals surface area contributed by atoms with Crippen LogP contribution in [-0.2, 0) is 0 Å². The zero-order chi connectivity index (χ0) is 24.3. The Morgan fingerprint density at radius 2 is 1.17 bits per heavy atom. The lowest BCUT2D eigenvalue weighted by atomic mass is 10.1. The second-order valence-electron chi connectivity index (χ2n) is 5.89. The molecule has 0 aliphatic rings. The van der Waals surface area contributed by atoms with Crippen LogP contribution in [0.2, 0.25) is 10.0 Å². The third-order valence-electron chi connectivity index (χ3n) is 3.97. The first kappa shape index (κ1) is 16.1. The topological polar surface area (TPSA) is 18.5 Å². The normalized spacial score (nSPS) is 14.7. The molecule has 2 nitrogen and oxygen atoms in total. The summed E-state index contributed by atoms with van der Waals surface area (Å²) in [5.74, 6) is 0.0795. The molecule has 5 heteroatoms. The van der Waals surface area contributed by atoms with Gasteiger partial charge in [0.2, 0.25) is 0 Å². The van der Waals surface area contributed by atoms with Crippen LogP contribution in [0.15, 0.2) is 54.6 Å². The standard InChI is InChI=1S/C24H19Cl2FO2/c1-28-23-11-7-16(13-20(23)25)3-4-18-6-10-19(22(27)15-18)9-5-17-8-12-24(29-2)21(26)14-17/h3-15H,1-2H3/b4-3+,9-5+/i3D,4D,5D,9D. The van der Waals surface area contributed by atoms with Crippen molar-refractivity contribution in [2.45, 2.75) is 0 Å². The number of benzene rings is 3. The molecule has 0 bridgehead atoms. The predicted molar refractivity (Wildman–Crippen MR) is 120 cm³/mol. The van der Waals surface area contributed by atoms with Crippen LogP contribution >= 0.6 is 23.2 Å². The Balaban J connectivity index is 1.97. The van der Waals surface area contributed by atoms with Gasteiger partial charge in [-0.2, -0.15) is 0 Å². The van der Waals surface area contributed by atoms with Crippen molar-refractivity contribution in [1.29, 1.82) is 0 Å². The molecule has 0 saturated heterocycles. The van der Waals surface area contributed by atoms with Crippen molar-refractivity contribution in [3.63, 3.8) is 0 Å². The highest BCUT2D eigenvalue weighted by Crippen LogP contribution is 2.27. The second kappa shape index (κ2) is 9.64. The number of methoxy groups -OCH3 is 2. The Morgan fingerprint density at radius 1 is 0.724 bits per heavy atom. The van der Waals surface area contributed by atoms with Crippen molar-refractivity contribution in [2.24, 2.45) is 0 Å². The lowest BCUT2D eigenvalue weighted by Crippen LogP contribution is -1.85. The first-order valence-corrected chi connectivity index (χ1v) is 9.26. The van der Waals surface area contributed by atoms with Gasteiger partial charge in [-0.25, -0.2) is 4.39 Å². The molecule has 0 unspecified atom stereocenters. The lowest BCUT2D eigenvalue weighted by Gasteiger charge is -2.04. The highest BCUT2D eigenvalue weighted by Gasteiger charge is 2.03. The number of rotatable bonds is 6. The van der Waals surface area contributed by atoms with E-state index in [1.54, 1.807) is 24.3 Å². The maximum absolute atomic E-state index is 14.9. The SMILES string of the molecule is [2H]/C(=C(/[2H])c1ccc(OC)c(Cl)c1)c1ccc(/C([2H])=C(\[2H])c2ccc(OC)c(Cl)c2)c(F)c1. The van der Waals surface area contributed by atoms with Crippen LogP contribution in [-0.4, -0.2) is 14.2 Å². The van der Waals surface area contributed by atoms with E-state index in [0.29, 0.717) is 27.6 Å². The van der Waals surface area contributed by atoms with Crippen LogP contribution in [0.3, 0.4) is 0 Å². The minimum atomic E-state index is -0.785. The first-order valence-electron chi connectivity index (χ1n) is 10.5. The highest BCUT2D eigenvalue weighted by molar-refractivity contribution is 6.32. The zero-order valence-electron chi connectivity index (χ0n) is 19.6. The molecule has 3 aromatic rings. The van der Waals surface area contributed by atoms with E-state index in [2.05, 4.69) is 0 Å². The first-order chi connectivity index (χ1) is 15.7. The minimum absolute atomic E-state index is 0.109. The summed E-state index contributed by atoms with van der Waals surface area (Å²) >= 11 is 12.2. The molecule has 0 aromatic heterocycles. The molecule has 0 spiro atoms. The minimum Gasteiger partial charge on any atom is -0.495 e. The van der Waals surface area contributed by atoms with E-state index < -0.39 is 5.82 Å². The summed E-state index contributed by atoms with van der Waals surface area (Å²) < 4.78 is 58.2. The predicted octanol–water partition coefficient (Wildman–Crippen LogP) is 7.49. The molecule has 148 valence electrons. The van der Waals surface area contributed by atoms with Crippen molar-refractivity contribution in [3.05, 3.63) is 92.7 Å². The van der Waals surface area contributed by atoms with E-state index in [1.165, 1.54) is 38.5 Å². The number of halogens is 3. The second-order valence-corrected chi connectivity index (χ2v) is 6.71. The fourth-order valence-electron chi connectivity index (χ4n) is 2.47. The average Bonchev–Trinajstić information content (AvgIpc) is 2.82. The molecule has 0 radical (unpaired) electrons. The summed E-state index contributed by atoms with van der Waals surface area (Å²) in [6, 6.07) is 12.2. The Kier molecular flexibility index (Phi) is 5.35. The van der Waals surface area contributed by atoms with E-state index in [4.69, 9.17) is 38.2 Å². The summed E-state index contributed by atoms with van der Waals surface area (Å²) in [4.78, 5) is 0. The van der Waals surface area contributed by atoms with E-state index in [0.717, 1.165) is 6.07 Å². The maximum Gasteiger partial charge on any atom is 0.137 e. The van der Waals surface area contributed by atoms with Crippen LogP contribution in [0.5, 0.6) is 11.5 Å². The van der Waals surface area contributed by atoms with Gasteiger partial charge in [0.15, 0.2) is 0 Å². The van der Waals surface area contributed by atoms with Crippen LogP contribution in [0.25, 0.3) is 24.2 Å². The Hall–Kier alpha value is -2.75. The molecule has 0 amide bonds. The number of hydrogen-bond donors (Lipinski definition) is 0. The summed E-state index contributed by atoms with van der Waals surface area (Å²) in [5.41, 5.74) is 0.754. The molecule has 3 aromatic carbocycles. The maximum atomic E-state index is 14.9. The number of hydrogen-bond acceptors (Lipinski definition) is 2. The van der Waals surface area contributed by atoms with Crippen molar-refractivity contribution in [3.8, 4) is 11.5 Å². The lowest BCUT2D eigenvalue weighted by molar-refractivity contribution is 0.415. The molecule has 0 heterocycles. The van der Waals surface area contributed by atoms with Gasteiger partial charge in [-0.05, 0) is 47.0 Å². The van der Waals surface area contributed by atoms with Gasteiger partial charge < -0.3 is 9.47 Å². The van der Waals surface area contributed by atoms with Crippen molar-refractivity contribution >= 4 is 47.4 Å². The largest absolute Gasteiger partial charge is 0.495 e. The van der Waals surface area contributed by atoms with Gasteiger partial charge in [-0.1, -0.05) is 71.7 Å². The van der Waals surface area contributed by atoms with Gasteiger partial charge in [0, 0.05) is 5.56 Å². The van der Waals surface area contributed by atoms with Crippen LogP contribution in [0.1, 0.15) is 27.7 Å². The molecule has 0 saturated carbocycles. The third-order valence-corrected chi connectivity index (χ3v) is 4.56. The molecule has 0 aliphatic carbocycles. The number of ether oxygens (including phenoxy) is 2. The van der Waals surface area contributed by atoms with E-state index in [-0.39, 0.29) is 40.4 Å². The van der Waals surface area contributed by atoms with Gasteiger partial charge in [0.05, 0.1) is 29.7 Å². The summed E-state index contributed by atoms with van der Waals surface area (Å²) in [6.07, 6.45) is 0. The average molecular weight is 433 g/mol. The fourth-order valence-corrected chi connectivity index (χ4v) is 2.98. The smallest absolute Gasteiger partial charge is 0.137 e. The fraction of sp³-hybridized carbons (Fsp3) is 0.0833. The molecular formula is C24H19Cl2FO2. The van der Waals surface area contributed by atoms with E-state index in [1.807, 2.05) is 0 Å². The van der Waals surface area contributed by atoms with E-state index in [9.17, 15) is 4.39 Å². The molecule has 29 heavy (non-hydrogen) atoms. The van der Waals surface area contributed by atoms with Gasteiger partial charge in [-0.15, -0.1) is 0 Å². The zero-order valence-corrected chi connectivity index (χ0v) is 17.2. The van der Waals surface area contributed by atoms with E-state index >= 15 is 0 Å².